The second-order valence-electron chi connectivity index (χ2n) is 4.46. The Morgan fingerprint density at radius 2 is 2.06 bits per heavy atom. The number of rotatable bonds is 5. The molecule has 1 fully saturated rings. The number of amides is 2. The van der Waals surface area contributed by atoms with Crippen molar-refractivity contribution in [1.82, 2.24) is 10.6 Å². The van der Waals surface area contributed by atoms with E-state index in [1.54, 1.807) is 7.11 Å². The monoisotopic (exact) mass is 268 g/mol. The summed E-state index contributed by atoms with van der Waals surface area (Å²) in [6, 6.07) is 7.47. The molecule has 2 rings (SSSR count). The summed E-state index contributed by atoms with van der Waals surface area (Å²) in [6.45, 7) is 1.03. The Morgan fingerprint density at radius 3 is 2.61 bits per heavy atom. The molecule has 2 amide bonds. The lowest BCUT2D eigenvalue weighted by atomic mass is 10.1. The van der Waals surface area contributed by atoms with Gasteiger partial charge in [-0.25, -0.2) is 4.79 Å². The van der Waals surface area contributed by atoms with E-state index in [0.717, 1.165) is 18.4 Å². The first-order valence-electron chi connectivity index (χ1n) is 5.97. The van der Waals surface area contributed by atoms with Crippen molar-refractivity contribution < 1.29 is 9.53 Å². The maximum absolute atomic E-state index is 11.7. The minimum atomic E-state index is -0.207. The van der Waals surface area contributed by atoms with Gasteiger partial charge in [0, 0.05) is 18.7 Å². The van der Waals surface area contributed by atoms with Crippen molar-refractivity contribution >= 4 is 17.6 Å². The normalized spacial score (nSPS) is 16.1. The third kappa shape index (κ3) is 3.15. The van der Waals surface area contributed by atoms with Gasteiger partial charge < -0.3 is 15.4 Å². The standard InChI is InChI=1S/C13H17ClN2O2/c1-18-9-8-15-12(17)16-13(6-7-13)10-2-4-11(14)5-3-10/h2-5H,6-9H2,1H3,(H2,15,16,17). The molecule has 4 nitrogen and oxygen atoms in total. The van der Waals surface area contributed by atoms with Gasteiger partial charge in [-0.05, 0) is 30.5 Å². The smallest absolute Gasteiger partial charge is 0.315 e. The molecule has 1 aromatic rings. The van der Waals surface area contributed by atoms with Gasteiger partial charge >= 0.3 is 6.03 Å². The molecule has 98 valence electrons. The SMILES string of the molecule is COCCNC(=O)NC1(c2ccc(Cl)cc2)CC1. The molecule has 0 aliphatic heterocycles. The number of carbonyl (C=O) groups is 1. The minimum absolute atomic E-state index is 0.153. The predicted molar refractivity (Wildman–Crippen MR) is 70.8 cm³/mol. The highest BCUT2D eigenvalue weighted by Gasteiger charge is 2.45. The van der Waals surface area contributed by atoms with Crippen LogP contribution >= 0.6 is 11.6 Å². The number of halogens is 1. The fraction of sp³-hybridized carbons (Fsp3) is 0.462. The van der Waals surface area contributed by atoms with Crippen LogP contribution < -0.4 is 10.6 Å². The van der Waals surface area contributed by atoms with E-state index in [4.69, 9.17) is 16.3 Å². The predicted octanol–water partition coefficient (Wildman–Crippen LogP) is 2.27. The van der Waals surface area contributed by atoms with Crippen LogP contribution in [0.1, 0.15) is 18.4 Å². The van der Waals surface area contributed by atoms with Crippen molar-refractivity contribution in [2.24, 2.45) is 0 Å². The number of methoxy groups -OCH3 is 1. The zero-order valence-corrected chi connectivity index (χ0v) is 11.1. The van der Waals surface area contributed by atoms with E-state index in [1.165, 1.54) is 0 Å². The van der Waals surface area contributed by atoms with Crippen LogP contribution in [0.3, 0.4) is 0 Å². The highest BCUT2D eigenvalue weighted by atomic mass is 35.5. The molecule has 2 N–H and O–H groups in total. The quantitative estimate of drug-likeness (QED) is 0.805. The van der Waals surface area contributed by atoms with E-state index < -0.39 is 0 Å². The summed E-state index contributed by atoms with van der Waals surface area (Å²) in [4.78, 5) is 11.7. The van der Waals surface area contributed by atoms with Crippen molar-refractivity contribution in [2.75, 3.05) is 20.3 Å². The van der Waals surface area contributed by atoms with Gasteiger partial charge in [0.15, 0.2) is 0 Å². The Bertz CT molecular complexity index is 416. The number of nitrogens with one attached hydrogen (secondary N) is 2. The molecular formula is C13H17ClN2O2. The third-order valence-corrected chi connectivity index (χ3v) is 3.34. The summed E-state index contributed by atoms with van der Waals surface area (Å²) in [5, 5.41) is 6.48. The molecule has 5 heteroatoms. The zero-order valence-electron chi connectivity index (χ0n) is 10.3. The molecule has 0 unspecified atom stereocenters. The van der Waals surface area contributed by atoms with Gasteiger partial charge in [0.25, 0.3) is 0 Å². The van der Waals surface area contributed by atoms with E-state index in [2.05, 4.69) is 10.6 Å². The van der Waals surface area contributed by atoms with Crippen LogP contribution in [0.4, 0.5) is 4.79 Å². The number of benzene rings is 1. The lowest BCUT2D eigenvalue weighted by Crippen LogP contribution is -2.43. The first kappa shape index (κ1) is 13.2. The molecule has 0 bridgehead atoms. The van der Waals surface area contributed by atoms with Crippen LogP contribution in [0.15, 0.2) is 24.3 Å². The van der Waals surface area contributed by atoms with Gasteiger partial charge in [0.2, 0.25) is 0 Å². The van der Waals surface area contributed by atoms with E-state index >= 15 is 0 Å². The minimum Gasteiger partial charge on any atom is -0.383 e. The average molecular weight is 269 g/mol. The van der Waals surface area contributed by atoms with Gasteiger partial charge in [-0.1, -0.05) is 23.7 Å². The number of carbonyl (C=O) groups excluding carboxylic acids is 1. The topological polar surface area (TPSA) is 50.4 Å². The van der Waals surface area contributed by atoms with Crippen molar-refractivity contribution in [1.29, 1.82) is 0 Å². The van der Waals surface area contributed by atoms with Crippen LogP contribution in [0.5, 0.6) is 0 Å². The summed E-state index contributed by atoms with van der Waals surface area (Å²) in [6.07, 6.45) is 1.93. The lowest BCUT2D eigenvalue weighted by Gasteiger charge is -2.18. The van der Waals surface area contributed by atoms with Crippen LogP contribution in [0.25, 0.3) is 0 Å². The Labute approximate surface area is 112 Å². The maximum atomic E-state index is 11.7. The van der Waals surface area contributed by atoms with Gasteiger partial charge in [-0.3, -0.25) is 0 Å². The number of ether oxygens (including phenoxy) is 1. The molecule has 1 aromatic carbocycles. The molecule has 0 aromatic heterocycles. The number of hydrogen-bond acceptors (Lipinski definition) is 2. The summed E-state index contributed by atoms with van der Waals surface area (Å²) < 4.78 is 4.88. The second kappa shape index (κ2) is 5.59. The lowest BCUT2D eigenvalue weighted by molar-refractivity contribution is 0.194. The second-order valence-corrected chi connectivity index (χ2v) is 4.90. The van der Waals surface area contributed by atoms with Crippen LogP contribution in [0, 0.1) is 0 Å². The van der Waals surface area contributed by atoms with Gasteiger partial charge in [0.1, 0.15) is 0 Å². The molecular weight excluding hydrogens is 252 g/mol. The van der Waals surface area contributed by atoms with Crippen molar-refractivity contribution in [3.63, 3.8) is 0 Å². The Balaban J connectivity index is 1.92. The van der Waals surface area contributed by atoms with E-state index in [1.807, 2.05) is 24.3 Å². The first-order chi connectivity index (χ1) is 8.66. The van der Waals surface area contributed by atoms with Crippen LogP contribution in [-0.4, -0.2) is 26.3 Å². The highest BCUT2D eigenvalue weighted by Crippen LogP contribution is 2.45. The van der Waals surface area contributed by atoms with Crippen molar-refractivity contribution in [2.45, 2.75) is 18.4 Å². The van der Waals surface area contributed by atoms with Crippen molar-refractivity contribution in [3.05, 3.63) is 34.9 Å². The molecule has 18 heavy (non-hydrogen) atoms. The third-order valence-electron chi connectivity index (χ3n) is 3.09. The van der Waals surface area contributed by atoms with Crippen LogP contribution in [0.2, 0.25) is 5.02 Å². The average Bonchev–Trinajstić information content (AvgIpc) is 3.11. The number of urea groups is 1. The zero-order chi connectivity index (χ0) is 13.0. The van der Waals surface area contributed by atoms with Crippen LogP contribution in [-0.2, 0) is 10.3 Å². The Kier molecular flexibility index (Phi) is 4.09. The summed E-state index contributed by atoms with van der Waals surface area (Å²) in [7, 11) is 1.61. The molecule has 1 aliphatic rings. The molecule has 0 heterocycles. The molecule has 0 atom stereocenters. The van der Waals surface area contributed by atoms with E-state index in [9.17, 15) is 4.79 Å². The molecule has 1 aliphatic carbocycles. The van der Waals surface area contributed by atoms with E-state index in [0.29, 0.717) is 18.2 Å². The molecule has 0 radical (unpaired) electrons. The summed E-state index contributed by atoms with van der Waals surface area (Å²) in [5.74, 6) is 0. The van der Waals surface area contributed by atoms with Gasteiger partial charge in [-0.15, -0.1) is 0 Å². The first-order valence-corrected chi connectivity index (χ1v) is 6.35. The fourth-order valence-corrected chi connectivity index (χ4v) is 2.03. The largest absolute Gasteiger partial charge is 0.383 e. The van der Waals surface area contributed by atoms with Gasteiger partial charge in [-0.2, -0.15) is 0 Å². The summed E-state index contributed by atoms with van der Waals surface area (Å²) in [5.41, 5.74) is 0.899. The van der Waals surface area contributed by atoms with E-state index in [-0.39, 0.29) is 11.6 Å². The Hall–Kier alpha value is -1.26. The molecule has 0 saturated heterocycles. The summed E-state index contributed by atoms with van der Waals surface area (Å²) >= 11 is 5.86. The molecule has 1 saturated carbocycles. The number of hydrogen-bond donors (Lipinski definition) is 2. The van der Waals surface area contributed by atoms with Crippen molar-refractivity contribution in [3.8, 4) is 0 Å². The highest BCUT2D eigenvalue weighted by molar-refractivity contribution is 6.30. The Morgan fingerprint density at radius 1 is 1.39 bits per heavy atom. The maximum Gasteiger partial charge on any atom is 0.315 e. The molecule has 0 spiro atoms. The fourth-order valence-electron chi connectivity index (χ4n) is 1.91. The van der Waals surface area contributed by atoms with Gasteiger partial charge in [0.05, 0.1) is 12.1 Å².